The number of esters is 10. The second-order valence-corrected chi connectivity index (χ2v) is 16.3. The first-order chi connectivity index (χ1) is 33.6. The number of hydrogen-bond donors (Lipinski definition) is 2. The fourth-order valence-electron chi connectivity index (χ4n) is 7.77. The van der Waals surface area contributed by atoms with E-state index < -0.39 is 183 Å². The molecule has 2 aliphatic rings. The second-order valence-electron chi connectivity index (χ2n) is 16.3. The summed E-state index contributed by atoms with van der Waals surface area (Å²) >= 11 is 0. The van der Waals surface area contributed by atoms with Crippen LogP contribution in [0.5, 0.6) is 0 Å². The van der Waals surface area contributed by atoms with E-state index in [-0.39, 0.29) is 12.8 Å². The fraction of sp³-hybridized carbons (Fsp3) is 0.727. The quantitative estimate of drug-likeness (QED) is 0.0619. The third-order valence-electron chi connectivity index (χ3n) is 10.2. The van der Waals surface area contributed by atoms with E-state index >= 15 is 0 Å². The lowest BCUT2D eigenvalue weighted by Crippen LogP contribution is -2.69. The minimum absolute atomic E-state index is 0.0917. The smallest absolute Gasteiger partial charge is 0.366 e. The van der Waals surface area contributed by atoms with Gasteiger partial charge in [-0.1, -0.05) is 0 Å². The zero-order valence-electron chi connectivity index (χ0n) is 42.0. The zero-order valence-corrected chi connectivity index (χ0v) is 42.0. The summed E-state index contributed by atoms with van der Waals surface area (Å²) in [5.41, 5.74) is 0. The molecule has 0 aliphatic carbocycles. The Morgan fingerprint density at radius 2 is 0.792 bits per heavy atom. The van der Waals surface area contributed by atoms with Gasteiger partial charge in [-0.25, -0.2) is 9.59 Å². The van der Waals surface area contributed by atoms with Crippen molar-refractivity contribution in [3.63, 3.8) is 0 Å². The molecule has 0 unspecified atom stereocenters. The van der Waals surface area contributed by atoms with Gasteiger partial charge in [0.1, 0.15) is 37.6 Å². The standard InChI is InChI=1S/C44H64N2O26/c1-21(47)45-35-31(65-25(5)51)17-43(41(57)59-11,71-39(35)37(69-29(9)55)33(67-27(7)53)19-61-23(3)49)63-15-13-14-16-64-44(42(58)60-12)18-32(66-26(6)52)36(46-22(2)48)40(72-44)38(70-30(10)56)34(68-28(8)54)20-62-24(4)50/h31-40H,13-20H2,1-12H3,(H,45,47)(H,46,48)/t31-,32-,33+,34+,35+,36+,37+,38+,39+,40+,43+,44+/m0/s1. The van der Waals surface area contributed by atoms with Crippen molar-refractivity contribution in [2.24, 2.45) is 0 Å². The van der Waals surface area contributed by atoms with E-state index in [9.17, 15) is 57.5 Å². The first-order valence-corrected chi connectivity index (χ1v) is 22.2. The Hall–Kier alpha value is -6.52. The monoisotopic (exact) mass is 1040 g/mol. The molecule has 0 saturated carbocycles. The molecule has 2 heterocycles. The van der Waals surface area contributed by atoms with Crippen LogP contribution in [0.1, 0.15) is 94.9 Å². The van der Waals surface area contributed by atoms with Gasteiger partial charge in [-0.2, -0.15) is 0 Å². The highest BCUT2D eigenvalue weighted by Crippen LogP contribution is 2.39. The van der Waals surface area contributed by atoms with Gasteiger partial charge in [0.2, 0.25) is 11.8 Å². The van der Waals surface area contributed by atoms with E-state index in [2.05, 4.69) is 10.6 Å². The maximum atomic E-state index is 13.8. The lowest BCUT2D eigenvalue weighted by Gasteiger charge is -2.48. The van der Waals surface area contributed by atoms with Crippen LogP contribution in [0.4, 0.5) is 0 Å². The van der Waals surface area contributed by atoms with E-state index in [1.807, 2.05) is 0 Å². The molecule has 28 nitrogen and oxygen atoms in total. The highest BCUT2D eigenvalue weighted by molar-refractivity contribution is 5.80. The Morgan fingerprint density at radius 1 is 0.472 bits per heavy atom. The van der Waals surface area contributed by atoms with Crippen LogP contribution in [-0.4, -0.2) is 185 Å². The predicted octanol–water partition coefficient (Wildman–Crippen LogP) is -1.16. The fourth-order valence-corrected chi connectivity index (χ4v) is 7.77. The number of carbonyl (C=O) groups is 12. The molecule has 2 aliphatic heterocycles. The molecule has 406 valence electrons. The largest absolute Gasteiger partial charge is 0.465 e. The molecule has 12 atom stereocenters. The number of ether oxygens (including phenoxy) is 14. The maximum absolute atomic E-state index is 13.8. The maximum Gasteiger partial charge on any atom is 0.366 e. The van der Waals surface area contributed by atoms with Crippen molar-refractivity contribution in [2.45, 2.75) is 167 Å². The molecule has 72 heavy (non-hydrogen) atoms. The van der Waals surface area contributed by atoms with Gasteiger partial charge in [0.05, 0.1) is 52.4 Å². The van der Waals surface area contributed by atoms with E-state index in [4.69, 9.17) is 66.3 Å². The Balaban J connectivity index is 2.66. The number of unbranched alkanes of at least 4 members (excludes halogenated alkanes) is 1. The summed E-state index contributed by atoms with van der Waals surface area (Å²) in [4.78, 5) is 152. The molecule has 0 bridgehead atoms. The van der Waals surface area contributed by atoms with Gasteiger partial charge in [0, 0.05) is 69.2 Å². The molecular weight excluding hydrogens is 972 g/mol. The average molecular weight is 1040 g/mol. The Labute approximate surface area is 413 Å². The number of methoxy groups -OCH3 is 2. The Kier molecular flexibility index (Phi) is 24.4. The van der Waals surface area contributed by atoms with Gasteiger partial charge >= 0.3 is 59.7 Å². The summed E-state index contributed by atoms with van der Waals surface area (Å²) < 4.78 is 77.9. The van der Waals surface area contributed by atoms with E-state index in [0.29, 0.717) is 0 Å². The van der Waals surface area contributed by atoms with Gasteiger partial charge in [-0.05, 0) is 12.8 Å². The van der Waals surface area contributed by atoms with Crippen molar-refractivity contribution >= 4 is 71.5 Å². The lowest BCUT2D eigenvalue weighted by atomic mass is 9.88. The molecule has 28 heteroatoms. The van der Waals surface area contributed by atoms with Crippen LogP contribution in [0, 0.1) is 0 Å². The van der Waals surface area contributed by atoms with Crippen molar-refractivity contribution in [3.8, 4) is 0 Å². The number of rotatable bonds is 25. The molecular formula is C44H64N2O26. The van der Waals surface area contributed by atoms with Crippen LogP contribution in [0.15, 0.2) is 0 Å². The van der Waals surface area contributed by atoms with E-state index in [0.717, 1.165) is 83.5 Å². The summed E-state index contributed by atoms with van der Waals surface area (Å²) in [7, 11) is 1.93. The van der Waals surface area contributed by atoms with Gasteiger partial charge in [-0.3, -0.25) is 47.9 Å². The van der Waals surface area contributed by atoms with Crippen molar-refractivity contribution in [2.75, 3.05) is 40.6 Å². The van der Waals surface area contributed by atoms with Gasteiger partial charge in [-0.15, -0.1) is 0 Å². The minimum Gasteiger partial charge on any atom is -0.465 e. The Morgan fingerprint density at radius 3 is 1.04 bits per heavy atom. The molecule has 0 aromatic carbocycles. The third-order valence-corrected chi connectivity index (χ3v) is 10.2. The second kappa shape index (κ2) is 28.5. The molecule has 2 saturated heterocycles. The predicted molar refractivity (Wildman–Crippen MR) is 231 cm³/mol. The van der Waals surface area contributed by atoms with Crippen molar-refractivity contribution in [1.29, 1.82) is 0 Å². The number of hydrogen-bond acceptors (Lipinski definition) is 26. The van der Waals surface area contributed by atoms with Crippen molar-refractivity contribution < 1.29 is 124 Å². The summed E-state index contributed by atoms with van der Waals surface area (Å²) in [5.74, 6) is -16.4. The summed E-state index contributed by atoms with van der Waals surface area (Å²) in [6.07, 6.45) is -15.1. The first-order valence-electron chi connectivity index (χ1n) is 22.2. The summed E-state index contributed by atoms with van der Waals surface area (Å²) in [5, 5.41) is 5.08. The molecule has 0 aromatic rings. The number of nitrogens with one attached hydrogen (secondary N) is 2. The lowest BCUT2D eigenvalue weighted by molar-refractivity contribution is -0.317. The van der Waals surface area contributed by atoms with Crippen molar-refractivity contribution in [1.82, 2.24) is 10.6 Å². The molecule has 2 N–H and O–H groups in total. The minimum atomic E-state index is -2.56. The van der Waals surface area contributed by atoms with Crippen LogP contribution in [0.2, 0.25) is 0 Å². The topological polar surface area (TPSA) is 358 Å². The molecule has 0 spiro atoms. The van der Waals surface area contributed by atoms with Crippen LogP contribution in [-0.2, 0) is 124 Å². The average Bonchev–Trinajstić information content (AvgIpc) is 3.26. The third kappa shape index (κ3) is 18.9. The van der Waals surface area contributed by atoms with Crippen LogP contribution < -0.4 is 10.6 Å². The van der Waals surface area contributed by atoms with Gasteiger partial charge < -0.3 is 76.9 Å². The molecule has 2 rings (SSSR count). The normalized spacial score (nSPS) is 25.2. The summed E-state index contributed by atoms with van der Waals surface area (Å²) in [6, 6.07) is -2.94. The molecule has 2 amide bonds. The molecule has 0 aromatic heterocycles. The molecule has 2 fully saturated rings. The van der Waals surface area contributed by atoms with Crippen LogP contribution in [0.25, 0.3) is 0 Å². The Bertz CT molecular complexity index is 1860. The van der Waals surface area contributed by atoms with E-state index in [1.54, 1.807) is 0 Å². The molecule has 0 radical (unpaired) electrons. The number of amides is 2. The summed E-state index contributed by atoms with van der Waals surface area (Å²) in [6.45, 7) is 7.87. The first kappa shape index (κ1) is 61.6. The van der Waals surface area contributed by atoms with Gasteiger partial charge in [0.25, 0.3) is 11.6 Å². The van der Waals surface area contributed by atoms with Crippen LogP contribution in [0.3, 0.4) is 0 Å². The van der Waals surface area contributed by atoms with Crippen molar-refractivity contribution in [3.05, 3.63) is 0 Å². The van der Waals surface area contributed by atoms with E-state index in [1.165, 1.54) is 0 Å². The van der Waals surface area contributed by atoms with Crippen LogP contribution >= 0.6 is 0 Å². The SMILES string of the molecule is COC(=O)[C@@]1(OCCCCO[C@]2(C(=O)OC)C[C@H](OC(C)=O)[C@@H](NC(C)=O)[C@H]([C@H](OC(C)=O)[C@@H](COC(C)=O)OC(C)=O)O2)C[C@H](OC(C)=O)[C@@H](NC(C)=O)[C@H]([C@H](OC(C)=O)[C@@H](COC(C)=O)OC(C)=O)O1. The highest BCUT2D eigenvalue weighted by Gasteiger charge is 2.61. The van der Waals surface area contributed by atoms with Gasteiger partial charge in [0.15, 0.2) is 24.4 Å². The zero-order chi connectivity index (χ0) is 54.7. The highest BCUT2D eigenvalue weighted by atomic mass is 16.8. The number of carbonyl (C=O) groups excluding carboxylic acids is 12.